The smallest absolute Gasteiger partial charge is 0.131 e. The van der Waals surface area contributed by atoms with E-state index in [1.165, 1.54) is 12.5 Å². The van der Waals surface area contributed by atoms with Gasteiger partial charge in [-0.2, -0.15) is 0 Å². The number of nitrogens with two attached hydrogens (primary N) is 1. The maximum absolute atomic E-state index is 13.6. The summed E-state index contributed by atoms with van der Waals surface area (Å²) in [5.41, 5.74) is 6.22. The van der Waals surface area contributed by atoms with E-state index >= 15 is 0 Å². The molecule has 3 heteroatoms. The lowest BCUT2D eigenvalue weighted by Gasteiger charge is -2.34. The Morgan fingerprint density at radius 3 is 2.47 bits per heavy atom. The lowest BCUT2D eigenvalue weighted by atomic mass is 9.77. The average molecular weight is 209 g/mol. The van der Waals surface area contributed by atoms with Crippen molar-refractivity contribution >= 4 is 0 Å². The van der Waals surface area contributed by atoms with Crippen LogP contribution >= 0.6 is 0 Å². The van der Waals surface area contributed by atoms with E-state index in [4.69, 9.17) is 10.8 Å². The van der Waals surface area contributed by atoms with Gasteiger partial charge in [0.05, 0.1) is 0 Å². The molecule has 1 saturated carbocycles. The first kappa shape index (κ1) is 10.4. The molecule has 0 heterocycles. The standard InChI is InChI=1S/C12H16FNO/c13-11-8-9(15)4-5-10(11)12(14)6-2-1-3-7-12/h4-5,8,15H,1-3,6-7,14H2. The van der Waals surface area contributed by atoms with E-state index in [1.807, 2.05) is 0 Å². The molecule has 0 spiro atoms. The highest BCUT2D eigenvalue weighted by atomic mass is 19.1. The van der Waals surface area contributed by atoms with Crippen molar-refractivity contribution < 1.29 is 9.50 Å². The van der Waals surface area contributed by atoms with Crippen LogP contribution in [0.3, 0.4) is 0 Å². The molecule has 1 aliphatic carbocycles. The van der Waals surface area contributed by atoms with E-state index in [-0.39, 0.29) is 11.6 Å². The van der Waals surface area contributed by atoms with E-state index in [1.54, 1.807) is 6.07 Å². The highest BCUT2D eigenvalue weighted by Crippen LogP contribution is 2.36. The predicted octanol–water partition coefficient (Wildman–Crippen LogP) is 2.65. The number of hydrogen-bond acceptors (Lipinski definition) is 2. The summed E-state index contributed by atoms with van der Waals surface area (Å²) in [5.74, 6) is -0.435. The lowest BCUT2D eigenvalue weighted by Crippen LogP contribution is -2.39. The van der Waals surface area contributed by atoms with E-state index < -0.39 is 5.54 Å². The normalized spacial score (nSPS) is 20.1. The minimum Gasteiger partial charge on any atom is -0.508 e. The number of benzene rings is 1. The Bertz CT molecular complexity index is 359. The Kier molecular flexibility index (Phi) is 2.65. The van der Waals surface area contributed by atoms with Crippen molar-refractivity contribution in [2.24, 2.45) is 5.73 Å². The highest BCUT2D eigenvalue weighted by Gasteiger charge is 2.31. The molecule has 3 N–H and O–H groups in total. The Hall–Kier alpha value is -1.09. The number of aromatic hydroxyl groups is 1. The molecule has 0 aliphatic heterocycles. The van der Waals surface area contributed by atoms with Gasteiger partial charge >= 0.3 is 0 Å². The van der Waals surface area contributed by atoms with E-state index in [0.29, 0.717) is 5.56 Å². The zero-order valence-electron chi connectivity index (χ0n) is 8.67. The van der Waals surface area contributed by atoms with Crippen LogP contribution in [0.2, 0.25) is 0 Å². The number of phenolic OH excluding ortho intramolecular Hbond substituents is 1. The first-order valence-electron chi connectivity index (χ1n) is 5.40. The largest absolute Gasteiger partial charge is 0.508 e. The molecule has 2 nitrogen and oxygen atoms in total. The van der Waals surface area contributed by atoms with Crippen LogP contribution in [0.4, 0.5) is 4.39 Å². The molecule has 15 heavy (non-hydrogen) atoms. The molecule has 1 aliphatic rings. The van der Waals surface area contributed by atoms with Crippen LogP contribution in [-0.2, 0) is 5.54 Å². The molecule has 1 fully saturated rings. The number of halogens is 1. The molecule has 82 valence electrons. The van der Waals surface area contributed by atoms with Crippen molar-refractivity contribution in [1.29, 1.82) is 0 Å². The third-order valence-electron chi connectivity index (χ3n) is 3.23. The van der Waals surface area contributed by atoms with Crippen molar-refractivity contribution in [3.8, 4) is 5.75 Å². The predicted molar refractivity (Wildman–Crippen MR) is 57.0 cm³/mol. The van der Waals surface area contributed by atoms with E-state index in [2.05, 4.69) is 0 Å². The number of hydrogen-bond donors (Lipinski definition) is 2. The second-order valence-electron chi connectivity index (χ2n) is 4.38. The Labute approximate surface area is 88.9 Å². The second-order valence-corrected chi connectivity index (χ2v) is 4.38. The average Bonchev–Trinajstić information content (AvgIpc) is 2.18. The Morgan fingerprint density at radius 2 is 1.87 bits per heavy atom. The van der Waals surface area contributed by atoms with Crippen LogP contribution in [0.5, 0.6) is 5.75 Å². The molecular weight excluding hydrogens is 193 g/mol. The first-order valence-corrected chi connectivity index (χ1v) is 5.40. The summed E-state index contributed by atoms with van der Waals surface area (Å²) in [6, 6.07) is 4.25. The SMILES string of the molecule is NC1(c2ccc(O)cc2F)CCCCC1. The molecular formula is C12H16FNO. The molecule has 0 amide bonds. The van der Waals surface area contributed by atoms with Gasteiger partial charge in [-0.15, -0.1) is 0 Å². The van der Waals surface area contributed by atoms with Gasteiger partial charge in [0.25, 0.3) is 0 Å². The molecule has 0 bridgehead atoms. The van der Waals surface area contributed by atoms with Crippen molar-refractivity contribution in [3.05, 3.63) is 29.6 Å². The fourth-order valence-electron chi connectivity index (χ4n) is 2.36. The van der Waals surface area contributed by atoms with Crippen LogP contribution in [0, 0.1) is 5.82 Å². The van der Waals surface area contributed by atoms with Gasteiger partial charge in [-0.05, 0) is 18.9 Å². The fourth-order valence-corrected chi connectivity index (χ4v) is 2.36. The fraction of sp³-hybridized carbons (Fsp3) is 0.500. The number of rotatable bonds is 1. The van der Waals surface area contributed by atoms with E-state index in [9.17, 15) is 4.39 Å². The number of phenols is 1. The van der Waals surface area contributed by atoms with Crippen LogP contribution in [-0.4, -0.2) is 5.11 Å². The maximum atomic E-state index is 13.6. The molecule has 1 aromatic carbocycles. The van der Waals surface area contributed by atoms with Crippen LogP contribution in [0.25, 0.3) is 0 Å². The van der Waals surface area contributed by atoms with Gasteiger partial charge in [0, 0.05) is 17.2 Å². The molecule has 0 radical (unpaired) electrons. The van der Waals surface area contributed by atoms with Gasteiger partial charge in [-0.25, -0.2) is 4.39 Å². The van der Waals surface area contributed by atoms with Crippen molar-refractivity contribution in [2.75, 3.05) is 0 Å². The summed E-state index contributed by atoms with van der Waals surface area (Å²) >= 11 is 0. The third-order valence-corrected chi connectivity index (χ3v) is 3.23. The quantitative estimate of drug-likeness (QED) is 0.747. The van der Waals surface area contributed by atoms with Crippen molar-refractivity contribution in [1.82, 2.24) is 0 Å². The maximum Gasteiger partial charge on any atom is 0.131 e. The van der Waals surface area contributed by atoms with Crippen LogP contribution in [0.1, 0.15) is 37.7 Å². The minimum absolute atomic E-state index is 0.0457. The second kappa shape index (κ2) is 3.81. The lowest BCUT2D eigenvalue weighted by molar-refractivity contribution is 0.292. The summed E-state index contributed by atoms with van der Waals surface area (Å²) in [5, 5.41) is 9.14. The molecule has 1 aromatic rings. The van der Waals surface area contributed by atoms with Gasteiger partial charge in [0.2, 0.25) is 0 Å². The molecule has 0 atom stereocenters. The third kappa shape index (κ3) is 1.97. The van der Waals surface area contributed by atoms with Gasteiger partial charge in [0.15, 0.2) is 0 Å². The van der Waals surface area contributed by atoms with Crippen LogP contribution < -0.4 is 5.73 Å². The van der Waals surface area contributed by atoms with E-state index in [0.717, 1.165) is 31.7 Å². The Balaban J connectivity index is 2.35. The van der Waals surface area contributed by atoms with Gasteiger partial charge in [-0.3, -0.25) is 0 Å². The zero-order valence-corrected chi connectivity index (χ0v) is 8.67. The Morgan fingerprint density at radius 1 is 1.20 bits per heavy atom. The van der Waals surface area contributed by atoms with Crippen molar-refractivity contribution in [2.45, 2.75) is 37.6 Å². The summed E-state index contributed by atoms with van der Waals surface area (Å²) in [6.45, 7) is 0. The first-order chi connectivity index (χ1) is 7.12. The summed E-state index contributed by atoms with van der Waals surface area (Å²) in [4.78, 5) is 0. The molecule has 0 aromatic heterocycles. The van der Waals surface area contributed by atoms with Gasteiger partial charge < -0.3 is 10.8 Å². The monoisotopic (exact) mass is 209 g/mol. The molecule has 0 saturated heterocycles. The topological polar surface area (TPSA) is 46.2 Å². The summed E-state index contributed by atoms with van der Waals surface area (Å²) < 4.78 is 13.6. The zero-order chi connectivity index (χ0) is 10.9. The summed E-state index contributed by atoms with van der Waals surface area (Å²) in [6.07, 6.45) is 4.94. The van der Waals surface area contributed by atoms with Crippen molar-refractivity contribution in [3.63, 3.8) is 0 Å². The summed E-state index contributed by atoms with van der Waals surface area (Å²) in [7, 11) is 0. The minimum atomic E-state index is -0.532. The van der Waals surface area contributed by atoms with Gasteiger partial charge in [-0.1, -0.05) is 25.3 Å². The molecule has 2 rings (SSSR count). The molecule has 0 unspecified atom stereocenters. The highest BCUT2D eigenvalue weighted by molar-refractivity contribution is 5.32. The van der Waals surface area contributed by atoms with Gasteiger partial charge in [0.1, 0.15) is 11.6 Å². The van der Waals surface area contributed by atoms with Crippen LogP contribution in [0.15, 0.2) is 18.2 Å².